The van der Waals surface area contributed by atoms with E-state index in [1.807, 2.05) is 24.3 Å². The van der Waals surface area contributed by atoms with Gasteiger partial charge < -0.3 is 0 Å². The molecule has 1 aromatic rings. The van der Waals surface area contributed by atoms with Crippen molar-refractivity contribution in [3.8, 4) is 12.3 Å². The fourth-order valence-corrected chi connectivity index (χ4v) is 0.759. The summed E-state index contributed by atoms with van der Waals surface area (Å²) >= 11 is 0. The van der Waals surface area contributed by atoms with E-state index < -0.39 is 0 Å². The Morgan fingerprint density at radius 3 is 2.40 bits per heavy atom. The molecule has 0 amide bonds. The number of hydrogen-bond donors (Lipinski definition) is 0. The number of benzene rings is 1. The van der Waals surface area contributed by atoms with Crippen molar-refractivity contribution < 1.29 is 0 Å². The molecular formula is C10H9. The molecule has 1 radical (unpaired) electrons. The highest BCUT2D eigenvalue weighted by molar-refractivity contribution is 5.32. The van der Waals surface area contributed by atoms with Gasteiger partial charge in [-0.15, -0.1) is 6.42 Å². The Morgan fingerprint density at radius 1 is 1.30 bits per heavy atom. The molecular weight excluding hydrogens is 120 g/mol. The average Bonchev–Trinajstić information content (AvgIpc) is 1.95. The third-order valence-corrected chi connectivity index (χ3v) is 1.33. The van der Waals surface area contributed by atoms with Gasteiger partial charge in [0, 0.05) is 0 Å². The summed E-state index contributed by atoms with van der Waals surface area (Å²) in [6.45, 7) is 2.06. The predicted octanol–water partition coefficient (Wildman–Crippen LogP) is 2.18. The van der Waals surface area contributed by atoms with Crippen LogP contribution in [-0.4, -0.2) is 0 Å². The van der Waals surface area contributed by atoms with Gasteiger partial charge in [0.15, 0.2) is 0 Å². The van der Waals surface area contributed by atoms with Crippen LogP contribution < -0.4 is 0 Å². The quantitative estimate of drug-likeness (QED) is 0.510. The molecule has 0 saturated heterocycles. The molecule has 0 aliphatic rings. The highest BCUT2D eigenvalue weighted by Crippen LogP contribution is 2.03. The first-order chi connectivity index (χ1) is 4.83. The second-order valence-electron chi connectivity index (χ2n) is 2.22. The van der Waals surface area contributed by atoms with Crippen LogP contribution in [0.25, 0.3) is 0 Å². The third kappa shape index (κ3) is 1.63. The standard InChI is InChI=1S/C10H9/c1-3-4-10-7-5-9(2)6-8-10/h1,4-8H,2H3. The molecule has 0 saturated carbocycles. The van der Waals surface area contributed by atoms with Crippen molar-refractivity contribution >= 4 is 0 Å². The molecule has 1 rings (SSSR count). The molecule has 0 N–H and O–H groups in total. The second kappa shape index (κ2) is 3.08. The van der Waals surface area contributed by atoms with Crippen molar-refractivity contribution in [2.45, 2.75) is 6.92 Å². The van der Waals surface area contributed by atoms with E-state index in [-0.39, 0.29) is 0 Å². The first-order valence-corrected chi connectivity index (χ1v) is 3.19. The van der Waals surface area contributed by atoms with Gasteiger partial charge in [-0.25, -0.2) is 0 Å². The van der Waals surface area contributed by atoms with Gasteiger partial charge in [-0.3, -0.25) is 0 Å². The number of aryl methyl sites for hydroxylation is 1. The van der Waals surface area contributed by atoms with Crippen LogP contribution in [-0.2, 0) is 0 Å². The molecule has 1 aromatic carbocycles. The minimum atomic E-state index is 1.09. The summed E-state index contributed by atoms with van der Waals surface area (Å²) in [7, 11) is 0. The Morgan fingerprint density at radius 2 is 1.90 bits per heavy atom. The van der Waals surface area contributed by atoms with Crippen LogP contribution in [0, 0.1) is 25.7 Å². The molecule has 0 aliphatic carbocycles. The SMILES string of the molecule is C#C[CH]c1ccc(C)cc1. The van der Waals surface area contributed by atoms with E-state index in [2.05, 4.69) is 12.8 Å². The smallest absolute Gasteiger partial charge is 0.0628 e. The van der Waals surface area contributed by atoms with Crippen LogP contribution in [0.2, 0.25) is 0 Å². The van der Waals surface area contributed by atoms with E-state index in [1.54, 1.807) is 6.42 Å². The van der Waals surface area contributed by atoms with Gasteiger partial charge in [-0.1, -0.05) is 35.7 Å². The zero-order valence-electron chi connectivity index (χ0n) is 5.96. The summed E-state index contributed by atoms with van der Waals surface area (Å²) in [6, 6.07) is 8.11. The van der Waals surface area contributed by atoms with Crippen molar-refractivity contribution in [3.05, 3.63) is 41.8 Å². The van der Waals surface area contributed by atoms with E-state index >= 15 is 0 Å². The van der Waals surface area contributed by atoms with Crippen LogP contribution in [0.5, 0.6) is 0 Å². The minimum Gasteiger partial charge on any atom is -0.119 e. The van der Waals surface area contributed by atoms with Crippen LogP contribution in [0.15, 0.2) is 24.3 Å². The summed E-state index contributed by atoms with van der Waals surface area (Å²) < 4.78 is 0. The maximum atomic E-state index is 5.09. The molecule has 0 bridgehead atoms. The van der Waals surface area contributed by atoms with E-state index in [0.29, 0.717) is 0 Å². The molecule has 0 nitrogen and oxygen atoms in total. The molecule has 0 spiro atoms. The Hall–Kier alpha value is -1.22. The lowest BCUT2D eigenvalue weighted by Gasteiger charge is -1.93. The fraction of sp³-hybridized carbons (Fsp3) is 0.100. The molecule has 0 aromatic heterocycles. The number of rotatable bonds is 1. The summed E-state index contributed by atoms with van der Waals surface area (Å²) in [4.78, 5) is 0. The predicted molar refractivity (Wildman–Crippen MR) is 43.4 cm³/mol. The maximum absolute atomic E-state index is 5.09. The van der Waals surface area contributed by atoms with E-state index in [1.165, 1.54) is 5.56 Å². The summed E-state index contributed by atoms with van der Waals surface area (Å²) in [5.41, 5.74) is 2.35. The van der Waals surface area contributed by atoms with Crippen molar-refractivity contribution in [2.75, 3.05) is 0 Å². The van der Waals surface area contributed by atoms with Gasteiger partial charge >= 0.3 is 0 Å². The molecule has 0 fully saturated rings. The van der Waals surface area contributed by atoms with E-state index in [9.17, 15) is 0 Å². The highest BCUT2D eigenvalue weighted by Gasteiger charge is 1.87. The molecule has 0 atom stereocenters. The van der Waals surface area contributed by atoms with Crippen LogP contribution in [0.3, 0.4) is 0 Å². The van der Waals surface area contributed by atoms with Gasteiger partial charge in [0.2, 0.25) is 0 Å². The van der Waals surface area contributed by atoms with Crippen molar-refractivity contribution in [2.24, 2.45) is 0 Å². The van der Waals surface area contributed by atoms with Gasteiger partial charge in [0.1, 0.15) is 0 Å². The Kier molecular flexibility index (Phi) is 2.12. The van der Waals surface area contributed by atoms with Crippen molar-refractivity contribution in [3.63, 3.8) is 0 Å². The second-order valence-corrected chi connectivity index (χ2v) is 2.22. The van der Waals surface area contributed by atoms with Crippen LogP contribution >= 0.6 is 0 Å². The summed E-state index contributed by atoms with van der Waals surface area (Å²) in [5.74, 6) is 2.48. The summed E-state index contributed by atoms with van der Waals surface area (Å²) in [6.07, 6.45) is 6.84. The van der Waals surface area contributed by atoms with Gasteiger partial charge in [0.05, 0.1) is 6.42 Å². The van der Waals surface area contributed by atoms with Gasteiger partial charge in [-0.2, -0.15) is 0 Å². The minimum absolute atomic E-state index is 1.09. The zero-order chi connectivity index (χ0) is 7.40. The first kappa shape index (κ1) is 6.89. The monoisotopic (exact) mass is 129 g/mol. The van der Waals surface area contributed by atoms with Crippen molar-refractivity contribution in [1.82, 2.24) is 0 Å². The Labute approximate surface area is 61.9 Å². The zero-order valence-corrected chi connectivity index (χ0v) is 5.96. The van der Waals surface area contributed by atoms with Gasteiger partial charge in [0.25, 0.3) is 0 Å². The van der Waals surface area contributed by atoms with Crippen LogP contribution in [0.1, 0.15) is 11.1 Å². The van der Waals surface area contributed by atoms with E-state index in [4.69, 9.17) is 6.42 Å². The average molecular weight is 129 g/mol. The van der Waals surface area contributed by atoms with E-state index in [0.717, 1.165) is 5.56 Å². The maximum Gasteiger partial charge on any atom is 0.0628 e. The molecule has 0 unspecified atom stereocenters. The molecule has 0 aliphatic heterocycles. The number of terminal acetylenes is 1. The first-order valence-electron chi connectivity index (χ1n) is 3.19. The van der Waals surface area contributed by atoms with Gasteiger partial charge in [-0.05, 0) is 12.5 Å². The van der Waals surface area contributed by atoms with Crippen molar-refractivity contribution in [1.29, 1.82) is 0 Å². The molecule has 0 heteroatoms. The molecule has 10 heavy (non-hydrogen) atoms. The Bertz CT molecular complexity index is 236. The summed E-state index contributed by atoms with van der Waals surface area (Å²) in [5, 5.41) is 0. The van der Waals surface area contributed by atoms with Crippen LogP contribution in [0.4, 0.5) is 0 Å². The number of hydrogen-bond acceptors (Lipinski definition) is 0. The fourth-order valence-electron chi connectivity index (χ4n) is 0.759. The largest absolute Gasteiger partial charge is 0.119 e. The third-order valence-electron chi connectivity index (χ3n) is 1.33. The lowest BCUT2D eigenvalue weighted by molar-refractivity contribution is 1.43. The molecule has 49 valence electrons. The lowest BCUT2D eigenvalue weighted by Crippen LogP contribution is -1.77. The molecule has 0 heterocycles. The topological polar surface area (TPSA) is 0 Å². The lowest BCUT2D eigenvalue weighted by atomic mass is 10.1. The normalized spacial score (nSPS) is 8.80. The Balaban J connectivity index is 2.81. The highest BCUT2D eigenvalue weighted by atomic mass is 13.9.